The van der Waals surface area contributed by atoms with Crippen LogP contribution in [0.3, 0.4) is 0 Å². The molecule has 0 unspecified atom stereocenters. The van der Waals surface area contributed by atoms with E-state index >= 15 is 0 Å². The number of nitrogens with one attached hydrogen (secondary N) is 1. The van der Waals surface area contributed by atoms with Crippen molar-refractivity contribution in [3.63, 3.8) is 0 Å². The molecular formula is C12H11ClN2O3. The highest BCUT2D eigenvalue weighted by Crippen LogP contribution is 2.29. The summed E-state index contributed by atoms with van der Waals surface area (Å²) >= 11 is 6.01. The fourth-order valence-electron chi connectivity index (χ4n) is 1.59. The molecule has 0 radical (unpaired) electrons. The lowest BCUT2D eigenvalue weighted by Crippen LogP contribution is -1.99. The highest BCUT2D eigenvalue weighted by atomic mass is 35.5. The lowest BCUT2D eigenvalue weighted by atomic mass is 10.1. The Morgan fingerprint density at radius 2 is 2.28 bits per heavy atom. The monoisotopic (exact) mass is 266 g/mol. The third-order valence-electron chi connectivity index (χ3n) is 2.42. The first-order valence-corrected chi connectivity index (χ1v) is 5.58. The number of halogens is 1. The second kappa shape index (κ2) is 5.10. The zero-order chi connectivity index (χ0) is 13.1. The molecule has 0 saturated carbocycles. The van der Waals surface area contributed by atoms with Crippen molar-refractivity contribution in [2.75, 3.05) is 7.11 Å². The normalized spacial score (nSPS) is 10.3. The molecule has 0 aliphatic carbocycles. The number of benzene rings is 1. The molecule has 2 N–H and O–H groups in total. The third kappa shape index (κ3) is 2.62. The quantitative estimate of drug-likeness (QED) is 0.891. The van der Waals surface area contributed by atoms with Crippen molar-refractivity contribution in [2.24, 2.45) is 0 Å². The summed E-state index contributed by atoms with van der Waals surface area (Å²) in [6, 6.07) is 6.96. The van der Waals surface area contributed by atoms with Gasteiger partial charge in [0.2, 0.25) is 0 Å². The number of carbonyl (C=O) groups is 1. The minimum Gasteiger partial charge on any atom is -0.495 e. The number of carboxylic acids is 1. The standard InChI is InChI=1S/C12H11ClN2O3/c1-18-11-3-2-7(4-9(11)13)10-5-8(14-15-10)6-12(16)17/h2-5H,6H2,1H3,(H,14,15)(H,16,17). The summed E-state index contributed by atoms with van der Waals surface area (Å²) in [6.07, 6.45) is -0.0864. The number of ether oxygens (including phenoxy) is 1. The Morgan fingerprint density at radius 1 is 1.50 bits per heavy atom. The van der Waals surface area contributed by atoms with Gasteiger partial charge in [-0.25, -0.2) is 0 Å². The molecule has 0 bridgehead atoms. The predicted octanol–water partition coefficient (Wildman–Crippen LogP) is 2.37. The summed E-state index contributed by atoms with van der Waals surface area (Å²) in [4.78, 5) is 10.6. The van der Waals surface area contributed by atoms with Gasteiger partial charge in [0.15, 0.2) is 0 Å². The number of hydrogen-bond acceptors (Lipinski definition) is 3. The number of aliphatic carboxylic acids is 1. The number of methoxy groups -OCH3 is 1. The first kappa shape index (κ1) is 12.4. The van der Waals surface area contributed by atoms with Gasteiger partial charge in [0.05, 0.1) is 24.2 Å². The summed E-state index contributed by atoms with van der Waals surface area (Å²) in [5.41, 5.74) is 1.99. The van der Waals surface area contributed by atoms with Gasteiger partial charge in [-0.3, -0.25) is 9.89 Å². The largest absolute Gasteiger partial charge is 0.495 e. The molecule has 0 aliphatic heterocycles. The molecule has 1 aromatic carbocycles. The number of aromatic nitrogens is 2. The van der Waals surface area contributed by atoms with E-state index in [1.807, 2.05) is 6.07 Å². The molecule has 1 heterocycles. The Bertz CT molecular complexity index is 580. The molecule has 0 saturated heterocycles. The second-order valence-electron chi connectivity index (χ2n) is 3.70. The average molecular weight is 267 g/mol. The van der Waals surface area contributed by atoms with Crippen molar-refractivity contribution in [1.29, 1.82) is 0 Å². The number of H-pyrrole nitrogens is 1. The summed E-state index contributed by atoms with van der Waals surface area (Å²) in [5, 5.41) is 15.9. The van der Waals surface area contributed by atoms with Gasteiger partial charge in [-0.1, -0.05) is 11.6 Å². The molecule has 0 spiro atoms. The molecule has 94 valence electrons. The molecular weight excluding hydrogens is 256 g/mol. The molecule has 2 aromatic rings. The van der Waals surface area contributed by atoms with E-state index in [1.165, 1.54) is 0 Å². The van der Waals surface area contributed by atoms with Gasteiger partial charge in [-0.05, 0) is 24.3 Å². The number of hydrogen-bond donors (Lipinski definition) is 2. The third-order valence-corrected chi connectivity index (χ3v) is 2.72. The maximum absolute atomic E-state index is 10.6. The van der Waals surface area contributed by atoms with Crippen molar-refractivity contribution < 1.29 is 14.6 Å². The van der Waals surface area contributed by atoms with Gasteiger partial charge in [-0.15, -0.1) is 0 Å². The molecule has 1 aromatic heterocycles. The fraction of sp³-hybridized carbons (Fsp3) is 0.167. The summed E-state index contributed by atoms with van der Waals surface area (Å²) in [7, 11) is 1.54. The first-order chi connectivity index (χ1) is 8.60. The summed E-state index contributed by atoms with van der Waals surface area (Å²) < 4.78 is 5.06. The van der Waals surface area contributed by atoms with Crippen LogP contribution in [0.2, 0.25) is 5.02 Å². The minimum atomic E-state index is -0.905. The van der Waals surface area contributed by atoms with Crippen LogP contribution in [0.25, 0.3) is 11.3 Å². The topological polar surface area (TPSA) is 75.2 Å². The van der Waals surface area contributed by atoms with E-state index in [0.717, 1.165) is 5.56 Å². The van der Waals surface area contributed by atoms with Crippen molar-refractivity contribution in [3.05, 3.63) is 35.0 Å². The first-order valence-electron chi connectivity index (χ1n) is 5.20. The molecule has 18 heavy (non-hydrogen) atoms. The van der Waals surface area contributed by atoms with E-state index in [1.54, 1.807) is 25.3 Å². The van der Waals surface area contributed by atoms with Gasteiger partial charge < -0.3 is 9.84 Å². The van der Waals surface area contributed by atoms with Crippen LogP contribution in [0.1, 0.15) is 5.69 Å². The molecule has 5 nitrogen and oxygen atoms in total. The van der Waals surface area contributed by atoms with Crippen LogP contribution in [0.5, 0.6) is 5.75 Å². The SMILES string of the molecule is COc1ccc(-c2cc(CC(=O)O)[nH]n2)cc1Cl. The van der Waals surface area contributed by atoms with Gasteiger partial charge in [0.25, 0.3) is 0 Å². The maximum atomic E-state index is 10.6. The van der Waals surface area contributed by atoms with Crippen LogP contribution in [0.4, 0.5) is 0 Å². The predicted molar refractivity (Wildman–Crippen MR) is 66.9 cm³/mol. The average Bonchev–Trinajstić information content (AvgIpc) is 2.76. The zero-order valence-corrected chi connectivity index (χ0v) is 10.4. The Kier molecular flexibility index (Phi) is 3.53. The van der Waals surface area contributed by atoms with E-state index < -0.39 is 5.97 Å². The molecule has 0 atom stereocenters. The number of nitrogens with zero attached hydrogens (tertiary/aromatic N) is 1. The lowest BCUT2D eigenvalue weighted by Gasteiger charge is -2.03. The Labute approximate surface area is 108 Å². The summed E-state index contributed by atoms with van der Waals surface area (Å²) in [5.74, 6) is -0.320. The number of carboxylic acid groups (broad SMARTS) is 1. The van der Waals surface area contributed by atoms with Crippen molar-refractivity contribution in [3.8, 4) is 17.0 Å². The molecule has 0 fully saturated rings. The summed E-state index contributed by atoms with van der Waals surface area (Å²) in [6.45, 7) is 0. The van der Waals surface area contributed by atoms with Crippen LogP contribution in [-0.4, -0.2) is 28.4 Å². The van der Waals surface area contributed by atoms with E-state index in [-0.39, 0.29) is 6.42 Å². The highest BCUT2D eigenvalue weighted by molar-refractivity contribution is 6.32. The maximum Gasteiger partial charge on any atom is 0.309 e. The van der Waals surface area contributed by atoms with Crippen molar-refractivity contribution in [2.45, 2.75) is 6.42 Å². The Balaban J connectivity index is 2.28. The smallest absolute Gasteiger partial charge is 0.309 e. The van der Waals surface area contributed by atoms with E-state index in [2.05, 4.69) is 10.2 Å². The van der Waals surface area contributed by atoms with Crippen LogP contribution in [0.15, 0.2) is 24.3 Å². The lowest BCUT2D eigenvalue weighted by molar-refractivity contribution is -0.136. The fourth-order valence-corrected chi connectivity index (χ4v) is 1.85. The van der Waals surface area contributed by atoms with E-state index in [4.69, 9.17) is 21.4 Å². The van der Waals surface area contributed by atoms with Crippen LogP contribution >= 0.6 is 11.6 Å². The molecule has 6 heteroatoms. The highest BCUT2D eigenvalue weighted by Gasteiger charge is 2.09. The van der Waals surface area contributed by atoms with Crippen LogP contribution in [0, 0.1) is 0 Å². The Hall–Kier alpha value is -2.01. The zero-order valence-electron chi connectivity index (χ0n) is 9.61. The van der Waals surface area contributed by atoms with Crippen molar-refractivity contribution in [1.82, 2.24) is 10.2 Å². The number of rotatable bonds is 4. The second-order valence-corrected chi connectivity index (χ2v) is 4.11. The van der Waals surface area contributed by atoms with Crippen molar-refractivity contribution >= 4 is 17.6 Å². The van der Waals surface area contributed by atoms with Gasteiger partial charge >= 0.3 is 5.97 Å². The van der Waals surface area contributed by atoms with Crippen LogP contribution in [-0.2, 0) is 11.2 Å². The van der Waals surface area contributed by atoms with E-state index in [9.17, 15) is 4.79 Å². The minimum absolute atomic E-state index is 0.0864. The molecule has 0 aliphatic rings. The molecule has 2 rings (SSSR count). The van der Waals surface area contributed by atoms with E-state index in [0.29, 0.717) is 22.2 Å². The van der Waals surface area contributed by atoms with Gasteiger partial charge in [0, 0.05) is 11.3 Å². The molecule has 0 amide bonds. The van der Waals surface area contributed by atoms with Gasteiger partial charge in [0.1, 0.15) is 5.75 Å². The number of aromatic amines is 1. The van der Waals surface area contributed by atoms with Gasteiger partial charge in [-0.2, -0.15) is 5.10 Å². The Morgan fingerprint density at radius 3 is 2.89 bits per heavy atom. The van der Waals surface area contributed by atoms with Crippen LogP contribution < -0.4 is 4.74 Å².